The largest absolute Gasteiger partial charge is 0.500 e. The topological polar surface area (TPSA) is 77.0 Å². The molecule has 1 unspecified atom stereocenters. The van der Waals surface area contributed by atoms with E-state index in [0.717, 1.165) is 44.6 Å². The van der Waals surface area contributed by atoms with Crippen LogP contribution in [0.2, 0.25) is 6.04 Å². The molecule has 0 aromatic carbocycles. The van der Waals surface area contributed by atoms with E-state index in [2.05, 4.69) is 26.1 Å². The van der Waals surface area contributed by atoms with Crippen LogP contribution in [-0.2, 0) is 18.1 Å². The van der Waals surface area contributed by atoms with Gasteiger partial charge in [-0.05, 0) is 51.9 Å². The molecule has 174 valence electrons. The first-order valence-corrected chi connectivity index (χ1v) is 13.5. The van der Waals surface area contributed by atoms with Gasteiger partial charge in [0.2, 0.25) is 5.91 Å². The average Bonchev–Trinajstić information content (AvgIpc) is 2.66. The molecule has 0 bridgehead atoms. The summed E-state index contributed by atoms with van der Waals surface area (Å²) in [5.74, 6) is 0.0572. The van der Waals surface area contributed by atoms with Crippen LogP contribution in [0.15, 0.2) is 0 Å². The smallest absolute Gasteiger partial charge is 0.393 e. The fraction of sp³-hybridized carbons (Fsp3) is 0.955. The maximum absolute atomic E-state index is 12.2. The van der Waals surface area contributed by atoms with Crippen molar-refractivity contribution in [1.29, 1.82) is 0 Å². The van der Waals surface area contributed by atoms with Gasteiger partial charge in [-0.15, -0.1) is 0 Å². The lowest BCUT2D eigenvalue weighted by Crippen LogP contribution is -2.47. The molecule has 0 spiro atoms. The van der Waals surface area contributed by atoms with Crippen LogP contribution >= 0.6 is 0 Å². The molecule has 1 amide bonds. The summed E-state index contributed by atoms with van der Waals surface area (Å²) >= 11 is 0. The molecule has 29 heavy (non-hydrogen) atoms. The number of hydrogen-bond acceptors (Lipinski definition) is 5. The summed E-state index contributed by atoms with van der Waals surface area (Å²) in [6.45, 7) is 14.7. The number of carbonyl (C=O) groups is 1. The van der Waals surface area contributed by atoms with Crippen LogP contribution in [0, 0.1) is 5.41 Å². The highest BCUT2D eigenvalue weighted by molar-refractivity contribution is 6.60. The van der Waals surface area contributed by atoms with Crippen LogP contribution < -0.4 is 5.32 Å². The molecule has 6 nitrogen and oxygen atoms in total. The second-order valence-corrected chi connectivity index (χ2v) is 11.2. The van der Waals surface area contributed by atoms with Gasteiger partial charge in [0.05, 0.1) is 6.10 Å². The summed E-state index contributed by atoms with van der Waals surface area (Å²) in [7, 11) is -2.65. The van der Waals surface area contributed by atoms with E-state index < -0.39 is 8.80 Å². The van der Waals surface area contributed by atoms with Gasteiger partial charge >= 0.3 is 8.80 Å². The predicted molar refractivity (Wildman–Crippen MR) is 121 cm³/mol. The fourth-order valence-electron chi connectivity index (χ4n) is 3.28. The van der Waals surface area contributed by atoms with Gasteiger partial charge in [0.1, 0.15) is 0 Å². The number of carbonyl (C=O) groups excluding carboxylic acids is 1. The van der Waals surface area contributed by atoms with Crippen molar-refractivity contribution < 1.29 is 23.2 Å². The first kappa shape index (κ1) is 28.5. The quantitative estimate of drug-likeness (QED) is 0.228. The molecule has 0 rings (SSSR count). The summed E-state index contributed by atoms with van der Waals surface area (Å²) < 4.78 is 17.8. The Kier molecular flexibility index (Phi) is 16.0. The number of hydrogen-bond donors (Lipinski definition) is 2. The van der Waals surface area contributed by atoms with Crippen molar-refractivity contribution in [2.24, 2.45) is 5.41 Å². The van der Waals surface area contributed by atoms with Gasteiger partial charge in [0.15, 0.2) is 0 Å². The molecule has 0 aromatic rings. The van der Waals surface area contributed by atoms with Gasteiger partial charge in [-0.2, -0.15) is 0 Å². The SMILES string of the molecule is CCCCCC(O)CCCC(=O)NCC(C)(C)CC[Si](OCC)(OCC)OCC. The van der Waals surface area contributed by atoms with Crippen LogP contribution in [0.4, 0.5) is 0 Å². The molecular weight excluding hydrogens is 386 g/mol. The first-order valence-electron chi connectivity index (χ1n) is 11.6. The standard InChI is InChI=1S/C22H47NO5Si/c1-7-11-12-14-20(24)15-13-16-21(25)23-19-22(5,6)17-18-29(26-8-2,27-9-3)28-10-4/h20,24H,7-19H2,1-6H3,(H,23,25). The maximum Gasteiger partial charge on any atom is 0.500 e. The summed E-state index contributed by atoms with van der Waals surface area (Å²) in [4.78, 5) is 12.2. The third-order valence-electron chi connectivity index (χ3n) is 5.05. The van der Waals surface area contributed by atoms with Crippen molar-refractivity contribution in [3.05, 3.63) is 0 Å². The van der Waals surface area contributed by atoms with Crippen LogP contribution in [0.3, 0.4) is 0 Å². The van der Waals surface area contributed by atoms with Gasteiger partial charge in [-0.25, -0.2) is 0 Å². The third-order valence-corrected chi connectivity index (χ3v) is 8.09. The van der Waals surface area contributed by atoms with Crippen LogP contribution in [0.25, 0.3) is 0 Å². The Bertz CT molecular complexity index is 403. The Morgan fingerprint density at radius 2 is 1.52 bits per heavy atom. The van der Waals surface area contributed by atoms with Crippen molar-refractivity contribution in [2.75, 3.05) is 26.4 Å². The minimum Gasteiger partial charge on any atom is -0.393 e. The van der Waals surface area contributed by atoms with Gasteiger partial charge in [-0.1, -0.05) is 40.0 Å². The van der Waals surface area contributed by atoms with E-state index in [9.17, 15) is 9.90 Å². The number of nitrogens with one attached hydrogen (secondary N) is 1. The Labute approximate surface area is 180 Å². The van der Waals surface area contributed by atoms with E-state index in [1.165, 1.54) is 0 Å². The summed E-state index contributed by atoms with van der Waals surface area (Å²) in [6.07, 6.45) is 6.70. The van der Waals surface area contributed by atoms with E-state index in [1.54, 1.807) is 0 Å². The van der Waals surface area contributed by atoms with Gasteiger partial charge in [-0.3, -0.25) is 4.79 Å². The summed E-state index contributed by atoms with van der Waals surface area (Å²) in [5.41, 5.74) is -0.0706. The molecule has 7 heteroatoms. The fourth-order valence-corrected chi connectivity index (χ4v) is 6.27. The summed E-state index contributed by atoms with van der Waals surface area (Å²) in [6, 6.07) is 0.745. The molecular formula is C22H47NO5Si. The maximum atomic E-state index is 12.2. The second-order valence-electron chi connectivity index (χ2n) is 8.46. The van der Waals surface area contributed by atoms with E-state index in [-0.39, 0.29) is 17.4 Å². The Morgan fingerprint density at radius 3 is 2.03 bits per heavy atom. The lowest BCUT2D eigenvalue weighted by molar-refractivity contribution is -0.121. The lowest BCUT2D eigenvalue weighted by atomic mass is 9.90. The van der Waals surface area contributed by atoms with E-state index in [4.69, 9.17) is 13.3 Å². The average molecular weight is 434 g/mol. The molecule has 0 aromatic heterocycles. The highest BCUT2D eigenvalue weighted by Crippen LogP contribution is 2.28. The Balaban J connectivity index is 4.29. The van der Waals surface area contributed by atoms with Gasteiger partial charge in [0, 0.05) is 38.8 Å². The van der Waals surface area contributed by atoms with Crippen LogP contribution in [-0.4, -0.2) is 52.3 Å². The number of rotatable bonds is 19. The second kappa shape index (κ2) is 16.2. The highest BCUT2D eigenvalue weighted by atomic mass is 28.4. The zero-order valence-corrected chi connectivity index (χ0v) is 20.8. The van der Waals surface area contributed by atoms with Gasteiger partial charge < -0.3 is 23.7 Å². The van der Waals surface area contributed by atoms with Crippen molar-refractivity contribution >= 4 is 14.7 Å². The minimum absolute atomic E-state index is 0.0572. The molecule has 0 heterocycles. The van der Waals surface area contributed by atoms with Crippen molar-refractivity contribution in [1.82, 2.24) is 5.32 Å². The molecule has 0 aliphatic rings. The third kappa shape index (κ3) is 14.2. The number of amides is 1. The molecule has 0 saturated heterocycles. The number of unbranched alkanes of at least 4 members (excludes halogenated alkanes) is 2. The normalized spacial score (nSPS) is 13.5. The summed E-state index contributed by atoms with van der Waals surface area (Å²) in [5, 5.41) is 13.0. The van der Waals surface area contributed by atoms with Crippen LogP contribution in [0.1, 0.15) is 92.9 Å². The lowest BCUT2D eigenvalue weighted by Gasteiger charge is -2.32. The first-order chi connectivity index (χ1) is 13.7. The number of aliphatic hydroxyl groups is 1. The van der Waals surface area contributed by atoms with E-state index in [1.807, 2.05) is 20.8 Å². The predicted octanol–water partition coefficient (Wildman–Crippen LogP) is 4.68. The molecule has 1 atom stereocenters. The molecule has 2 N–H and O–H groups in total. The van der Waals surface area contributed by atoms with Crippen molar-refractivity contribution in [2.45, 2.75) is 105 Å². The van der Waals surface area contributed by atoms with E-state index >= 15 is 0 Å². The Morgan fingerprint density at radius 1 is 0.966 bits per heavy atom. The van der Waals surface area contributed by atoms with Gasteiger partial charge in [0.25, 0.3) is 0 Å². The van der Waals surface area contributed by atoms with Crippen LogP contribution in [0.5, 0.6) is 0 Å². The monoisotopic (exact) mass is 433 g/mol. The molecule has 0 aliphatic heterocycles. The molecule has 0 aliphatic carbocycles. The zero-order chi connectivity index (χ0) is 22.2. The number of aliphatic hydroxyl groups excluding tert-OH is 1. The zero-order valence-electron chi connectivity index (χ0n) is 19.8. The Hall–Kier alpha value is -0.473. The van der Waals surface area contributed by atoms with E-state index in [0.29, 0.717) is 39.2 Å². The molecule has 0 radical (unpaired) electrons. The minimum atomic E-state index is -2.65. The highest BCUT2D eigenvalue weighted by Gasteiger charge is 2.41. The molecule has 0 saturated carbocycles. The van der Waals surface area contributed by atoms with Crippen molar-refractivity contribution in [3.8, 4) is 0 Å². The van der Waals surface area contributed by atoms with Crippen molar-refractivity contribution in [3.63, 3.8) is 0 Å². The molecule has 0 fully saturated rings.